The number of rotatable bonds is 2. The quantitative estimate of drug-likeness (QED) is 0.465. The number of thiol groups is 1. The molecule has 2 rings (SSSR count). The topological polar surface area (TPSA) is 114 Å². The van der Waals surface area contributed by atoms with Crippen LogP contribution in [0, 0.1) is 6.92 Å². The Hall–Kier alpha value is -1.03. The van der Waals surface area contributed by atoms with Crippen molar-refractivity contribution in [2.45, 2.75) is 25.7 Å². The van der Waals surface area contributed by atoms with Gasteiger partial charge in [0.25, 0.3) is 6.47 Å². The third-order valence-corrected chi connectivity index (χ3v) is 4.13. The van der Waals surface area contributed by atoms with Gasteiger partial charge in [0.2, 0.25) is 0 Å². The van der Waals surface area contributed by atoms with Gasteiger partial charge < -0.3 is 10.4 Å². The summed E-state index contributed by atoms with van der Waals surface area (Å²) < 4.78 is 23.7. The third-order valence-electron chi connectivity index (χ3n) is 3.19. The van der Waals surface area contributed by atoms with E-state index in [0.29, 0.717) is 5.92 Å². The minimum absolute atomic E-state index is 0.250. The molecular weight excluding hydrogens is 314 g/mol. The molecule has 0 unspecified atom stereocenters. The van der Waals surface area contributed by atoms with Crippen LogP contribution in [0.2, 0.25) is 0 Å². The smallest absolute Gasteiger partial charge is 0.302 e. The van der Waals surface area contributed by atoms with Gasteiger partial charge in [-0.3, -0.25) is 4.79 Å². The molecule has 122 valence electrons. The van der Waals surface area contributed by atoms with E-state index in [-0.39, 0.29) is 6.47 Å². The molecule has 0 atom stereocenters. The molecule has 0 radical (unpaired) electrons. The molecule has 1 aliphatic rings. The van der Waals surface area contributed by atoms with Gasteiger partial charge in [0.05, 0.1) is 0 Å². The molecule has 9 heteroatoms. The first kappa shape index (κ1) is 20.0. The van der Waals surface area contributed by atoms with Crippen molar-refractivity contribution in [1.82, 2.24) is 9.29 Å². The summed E-state index contributed by atoms with van der Waals surface area (Å²) >= 11 is 3.53. The summed E-state index contributed by atoms with van der Waals surface area (Å²) in [6.45, 7) is 3.54. The SMILES string of the molecule is CS.Cc1c(C2CCNCC2)ccn1S(N)(=O)=O.O=CO. The first-order valence-electron chi connectivity index (χ1n) is 6.36. The molecule has 0 aromatic carbocycles. The molecule has 1 aliphatic heterocycles. The number of hydrogen-bond donors (Lipinski definition) is 4. The van der Waals surface area contributed by atoms with Crippen LogP contribution < -0.4 is 10.5 Å². The molecule has 2 heterocycles. The number of piperidine rings is 1. The molecular formula is C12H23N3O4S2. The molecule has 1 aromatic rings. The summed E-state index contributed by atoms with van der Waals surface area (Å²) in [4.78, 5) is 8.36. The second-order valence-electron chi connectivity index (χ2n) is 4.33. The van der Waals surface area contributed by atoms with Crippen molar-refractivity contribution in [2.24, 2.45) is 5.14 Å². The van der Waals surface area contributed by atoms with Crippen molar-refractivity contribution < 1.29 is 18.3 Å². The molecule has 1 saturated heterocycles. The first-order chi connectivity index (χ1) is 9.91. The van der Waals surface area contributed by atoms with Gasteiger partial charge in [-0.15, -0.1) is 0 Å². The van der Waals surface area contributed by atoms with Gasteiger partial charge in [0.1, 0.15) is 0 Å². The predicted molar refractivity (Wildman–Crippen MR) is 86.1 cm³/mol. The fourth-order valence-corrected chi connectivity index (χ4v) is 3.07. The maximum Gasteiger partial charge on any atom is 0.302 e. The van der Waals surface area contributed by atoms with Crippen molar-refractivity contribution >= 4 is 29.3 Å². The van der Waals surface area contributed by atoms with Crippen LogP contribution in [0.4, 0.5) is 0 Å². The van der Waals surface area contributed by atoms with Crippen LogP contribution in [0.25, 0.3) is 0 Å². The van der Waals surface area contributed by atoms with E-state index in [1.807, 2.05) is 13.0 Å². The molecule has 0 amide bonds. The highest BCUT2D eigenvalue weighted by molar-refractivity contribution is 7.87. The van der Waals surface area contributed by atoms with Crippen LogP contribution in [0.15, 0.2) is 12.3 Å². The Kier molecular flexibility index (Phi) is 9.34. The van der Waals surface area contributed by atoms with Gasteiger partial charge in [-0.1, -0.05) is 0 Å². The second-order valence-corrected chi connectivity index (χ2v) is 5.75. The van der Waals surface area contributed by atoms with E-state index in [0.717, 1.165) is 41.2 Å². The highest BCUT2D eigenvalue weighted by Crippen LogP contribution is 2.28. The largest absolute Gasteiger partial charge is 0.483 e. The number of carbonyl (C=O) groups is 1. The number of carboxylic acid groups (broad SMARTS) is 1. The third kappa shape index (κ3) is 6.08. The van der Waals surface area contributed by atoms with Crippen molar-refractivity contribution in [2.75, 3.05) is 19.3 Å². The summed E-state index contributed by atoms with van der Waals surface area (Å²) in [7, 11) is -3.65. The number of hydrogen-bond acceptors (Lipinski definition) is 5. The van der Waals surface area contributed by atoms with E-state index in [1.54, 1.807) is 12.5 Å². The van der Waals surface area contributed by atoms with Crippen LogP contribution in [-0.2, 0) is 15.0 Å². The van der Waals surface area contributed by atoms with E-state index in [9.17, 15) is 8.42 Å². The first-order valence-corrected chi connectivity index (χ1v) is 8.76. The minimum atomic E-state index is -3.65. The lowest BCUT2D eigenvalue weighted by molar-refractivity contribution is -0.122. The molecule has 1 fully saturated rings. The normalized spacial score (nSPS) is 15.2. The van der Waals surface area contributed by atoms with Gasteiger partial charge in [-0.2, -0.15) is 21.0 Å². The van der Waals surface area contributed by atoms with E-state index >= 15 is 0 Å². The Morgan fingerprint density at radius 2 is 1.90 bits per heavy atom. The van der Waals surface area contributed by atoms with Gasteiger partial charge in [-0.25, -0.2) is 9.11 Å². The summed E-state index contributed by atoms with van der Waals surface area (Å²) in [5, 5.41) is 15.3. The Morgan fingerprint density at radius 3 is 2.29 bits per heavy atom. The zero-order chi connectivity index (χ0) is 16.5. The van der Waals surface area contributed by atoms with Crippen molar-refractivity contribution in [3.8, 4) is 0 Å². The highest BCUT2D eigenvalue weighted by atomic mass is 32.2. The maximum absolute atomic E-state index is 11.3. The van der Waals surface area contributed by atoms with E-state index in [2.05, 4.69) is 17.9 Å². The summed E-state index contributed by atoms with van der Waals surface area (Å²) in [5.74, 6) is 0.448. The fourth-order valence-electron chi connectivity index (χ4n) is 2.35. The number of nitrogens with two attached hydrogens (primary N) is 1. The van der Waals surface area contributed by atoms with Gasteiger partial charge in [-0.05, 0) is 56.7 Å². The van der Waals surface area contributed by atoms with Crippen LogP contribution >= 0.6 is 12.6 Å². The number of nitrogens with zero attached hydrogens (tertiary/aromatic N) is 1. The predicted octanol–water partition coefficient (Wildman–Crippen LogP) is 0.562. The fraction of sp³-hybridized carbons (Fsp3) is 0.583. The van der Waals surface area contributed by atoms with Crippen LogP contribution in [0.5, 0.6) is 0 Å². The average molecular weight is 337 g/mol. The lowest BCUT2D eigenvalue weighted by atomic mass is 9.90. The molecule has 0 spiro atoms. The van der Waals surface area contributed by atoms with E-state index in [1.165, 1.54) is 0 Å². The molecule has 4 N–H and O–H groups in total. The maximum atomic E-state index is 11.3. The lowest BCUT2D eigenvalue weighted by Crippen LogP contribution is -2.27. The lowest BCUT2D eigenvalue weighted by Gasteiger charge is -2.22. The Balaban J connectivity index is 0.000000713. The molecule has 0 bridgehead atoms. The van der Waals surface area contributed by atoms with E-state index in [4.69, 9.17) is 15.0 Å². The summed E-state index contributed by atoms with van der Waals surface area (Å²) in [5.41, 5.74) is 1.85. The van der Waals surface area contributed by atoms with Crippen molar-refractivity contribution in [3.63, 3.8) is 0 Å². The van der Waals surface area contributed by atoms with E-state index < -0.39 is 10.2 Å². The van der Waals surface area contributed by atoms with Crippen LogP contribution in [0.3, 0.4) is 0 Å². The molecule has 0 saturated carbocycles. The summed E-state index contributed by atoms with van der Waals surface area (Å²) in [6, 6.07) is 1.87. The number of nitrogens with one attached hydrogen (secondary N) is 1. The molecule has 7 nitrogen and oxygen atoms in total. The summed E-state index contributed by atoms with van der Waals surface area (Å²) in [6.07, 6.45) is 5.34. The standard InChI is InChI=1S/C10H17N3O2S.CH2O2.CH4S/c1-8-10(9-2-5-12-6-3-9)4-7-13(8)16(11,14)15;2-1-3;1-2/h4,7,9,12H,2-3,5-6H2,1H3,(H2,11,14,15);1H,(H,2,3);2H,1H3. The van der Waals surface area contributed by atoms with Gasteiger partial charge >= 0.3 is 10.2 Å². The Bertz CT molecular complexity index is 523. The van der Waals surface area contributed by atoms with Crippen molar-refractivity contribution in [3.05, 3.63) is 23.5 Å². The molecule has 0 aliphatic carbocycles. The van der Waals surface area contributed by atoms with Crippen molar-refractivity contribution in [1.29, 1.82) is 0 Å². The zero-order valence-electron chi connectivity index (χ0n) is 12.2. The Morgan fingerprint density at radius 1 is 1.43 bits per heavy atom. The second kappa shape index (κ2) is 9.82. The highest BCUT2D eigenvalue weighted by Gasteiger charge is 2.21. The monoisotopic (exact) mass is 337 g/mol. The Labute approximate surface area is 131 Å². The van der Waals surface area contributed by atoms with Crippen LogP contribution in [-0.4, -0.2) is 43.3 Å². The number of aromatic nitrogens is 1. The molecule has 1 aromatic heterocycles. The molecule has 21 heavy (non-hydrogen) atoms. The van der Waals surface area contributed by atoms with Gasteiger partial charge in [0.15, 0.2) is 0 Å². The minimum Gasteiger partial charge on any atom is -0.483 e. The zero-order valence-corrected chi connectivity index (χ0v) is 13.9. The average Bonchev–Trinajstić information content (AvgIpc) is 2.85. The van der Waals surface area contributed by atoms with Gasteiger partial charge in [0, 0.05) is 11.9 Å². The van der Waals surface area contributed by atoms with Crippen LogP contribution in [0.1, 0.15) is 30.0 Å².